The largest absolute Gasteiger partial charge is 0.313 e. The van der Waals surface area contributed by atoms with Crippen molar-refractivity contribution in [2.24, 2.45) is 0 Å². The molecule has 0 aromatic heterocycles. The van der Waals surface area contributed by atoms with Crippen molar-refractivity contribution in [2.75, 3.05) is 6.54 Å². The van der Waals surface area contributed by atoms with E-state index in [9.17, 15) is 8.42 Å². The van der Waals surface area contributed by atoms with E-state index in [1.807, 2.05) is 19.1 Å². The summed E-state index contributed by atoms with van der Waals surface area (Å²) >= 11 is 5.80. The SMILES string of the molecule is CCNCc1ccc(S(=O)(=O)NCc2ccc(Cl)cc2)cc1. The fourth-order valence-corrected chi connectivity index (χ4v) is 3.06. The molecule has 0 bridgehead atoms. The summed E-state index contributed by atoms with van der Waals surface area (Å²) in [6, 6.07) is 13.9. The topological polar surface area (TPSA) is 58.2 Å². The normalized spacial score (nSPS) is 11.5. The van der Waals surface area contributed by atoms with Crippen LogP contribution in [-0.4, -0.2) is 15.0 Å². The lowest BCUT2D eigenvalue weighted by atomic mass is 10.2. The molecule has 0 unspecified atom stereocenters. The Morgan fingerprint density at radius 3 is 2.05 bits per heavy atom. The smallest absolute Gasteiger partial charge is 0.240 e. The van der Waals surface area contributed by atoms with E-state index in [1.165, 1.54) is 0 Å². The van der Waals surface area contributed by atoms with Crippen LogP contribution in [0.3, 0.4) is 0 Å². The first-order valence-electron chi connectivity index (χ1n) is 7.05. The Morgan fingerprint density at radius 1 is 0.909 bits per heavy atom. The van der Waals surface area contributed by atoms with Gasteiger partial charge in [0.25, 0.3) is 0 Å². The zero-order valence-corrected chi connectivity index (χ0v) is 13.9. The molecule has 2 N–H and O–H groups in total. The molecule has 0 amide bonds. The molecule has 118 valence electrons. The molecule has 0 aliphatic rings. The van der Waals surface area contributed by atoms with Gasteiger partial charge in [-0.05, 0) is 41.9 Å². The predicted octanol–water partition coefficient (Wildman–Crippen LogP) is 2.93. The monoisotopic (exact) mass is 338 g/mol. The van der Waals surface area contributed by atoms with Crippen molar-refractivity contribution in [1.29, 1.82) is 0 Å². The summed E-state index contributed by atoms with van der Waals surface area (Å²) in [7, 11) is -3.51. The third-order valence-corrected chi connectivity index (χ3v) is 4.86. The van der Waals surface area contributed by atoms with Crippen LogP contribution in [0.1, 0.15) is 18.1 Å². The van der Waals surface area contributed by atoms with Crippen LogP contribution < -0.4 is 10.0 Å². The van der Waals surface area contributed by atoms with Gasteiger partial charge < -0.3 is 5.32 Å². The lowest BCUT2D eigenvalue weighted by Crippen LogP contribution is -2.23. The third kappa shape index (κ3) is 4.81. The number of hydrogen-bond donors (Lipinski definition) is 2. The number of hydrogen-bond acceptors (Lipinski definition) is 3. The van der Waals surface area contributed by atoms with Crippen LogP contribution in [0, 0.1) is 0 Å². The lowest BCUT2D eigenvalue weighted by molar-refractivity contribution is 0.581. The highest BCUT2D eigenvalue weighted by Crippen LogP contribution is 2.13. The van der Waals surface area contributed by atoms with Gasteiger partial charge in [-0.2, -0.15) is 0 Å². The summed E-state index contributed by atoms with van der Waals surface area (Å²) in [5.74, 6) is 0. The van der Waals surface area contributed by atoms with Crippen molar-refractivity contribution in [3.05, 3.63) is 64.7 Å². The van der Waals surface area contributed by atoms with Crippen LogP contribution in [0.5, 0.6) is 0 Å². The fraction of sp³-hybridized carbons (Fsp3) is 0.250. The molecule has 0 saturated heterocycles. The van der Waals surface area contributed by atoms with Crippen molar-refractivity contribution in [3.8, 4) is 0 Å². The molecule has 0 atom stereocenters. The van der Waals surface area contributed by atoms with Crippen LogP contribution in [0.15, 0.2) is 53.4 Å². The van der Waals surface area contributed by atoms with Gasteiger partial charge in [0, 0.05) is 18.1 Å². The number of nitrogens with one attached hydrogen (secondary N) is 2. The Bertz CT molecular complexity index is 698. The van der Waals surface area contributed by atoms with Crippen molar-refractivity contribution >= 4 is 21.6 Å². The standard InChI is InChI=1S/C16H19ClN2O2S/c1-2-18-11-13-5-9-16(10-6-13)22(20,21)19-12-14-3-7-15(17)8-4-14/h3-10,18-19H,2,11-12H2,1H3. The molecule has 0 fully saturated rings. The Labute approximate surface area is 136 Å². The molecule has 0 radical (unpaired) electrons. The second-order valence-electron chi connectivity index (χ2n) is 4.88. The Hall–Kier alpha value is -1.40. The molecule has 0 spiro atoms. The summed E-state index contributed by atoms with van der Waals surface area (Å²) in [4.78, 5) is 0.265. The van der Waals surface area contributed by atoms with Gasteiger partial charge in [0.2, 0.25) is 10.0 Å². The second kappa shape index (κ2) is 7.74. The van der Waals surface area contributed by atoms with E-state index >= 15 is 0 Å². The van der Waals surface area contributed by atoms with Crippen LogP contribution >= 0.6 is 11.6 Å². The highest BCUT2D eigenvalue weighted by atomic mass is 35.5. The summed E-state index contributed by atoms with van der Waals surface area (Å²) in [5.41, 5.74) is 1.91. The van der Waals surface area contributed by atoms with Gasteiger partial charge in [-0.25, -0.2) is 13.1 Å². The number of sulfonamides is 1. The quantitative estimate of drug-likeness (QED) is 0.816. The van der Waals surface area contributed by atoms with E-state index in [2.05, 4.69) is 10.0 Å². The molecule has 0 aliphatic heterocycles. The first-order valence-corrected chi connectivity index (χ1v) is 8.91. The Balaban J connectivity index is 2.01. The molecule has 0 heterocycles. The van der Waals surface area contributed by atoms with Crippen molar-refractivity contribution in [3.63, 3.8) is 0 Å². The second-order valence-corrected chi connectivity index (χ2v) is 7.08. The van der Waals surface area contributed by atoms with Gasteiger partial charge in [0.05, 0.1) is 4.90 Å². The van der Waals surface area contributed by atoms with Crippen molar-refractivity contribution in [1.82, 2.24) is 10.0 Å². The number of benzene rings is 2. The molecule has 2 aromatic rings. The minimum Gasteiger partial charge on any atom is -0.313 e. The predicted molar refractivity (Wildman–Crippen MR) is 89.3 cm³/mol. The average Bonchev–Trinajstić information content (AvgIpc) is 2.53. The molecular formula is C16H19ClN2O2S. The molecular weight excluding hydrogens is 320 g/mol. The van der Waals surface area contributed by atoms with E-state index in [0.717, 1.165) is 24.2 Å². The van der Waals surface area contributed by atoms with Crippen molar-refractivity contribution in [2.45, 2.75) is 24.9 Å². The maximum atomic E-state index is 12.2. The summed E-state index contributed by atoms with van der Waals surface area (Å²) in [6.45, 7) is 3.87. The van der Waals surface area contributed by atoms with Gasteiger partial charge in [0.15, 0.2) is 0 Å². The van der Waals surface area contributed by atoms with E-state index in [0.29, 0.717) is 5.02 Å². The molecule has 2 rings (SSSR count). The van der Waals surface area contributed by atoms with Gasteiger partial charge >= 0.3 is 0 Å². The molecule has 0 aliphatic carbocycles. The maximum absolute atomic E-state index is 12.2. The van der Waals surface area contributed by atoms with E-state index in [-0.39, 0.29) is 11.4 Å². The van der Waals surface area contributed by atoms with Crippen LogP contribution in [-0.2, 0) is 23.1 Å². The molecule has 22 heavy (non-hydrogen) atoms. The average molecular weight is 339 g/mol. The molecule has 6 heteroatoms. The Morgan fingerprint density at radius 2 is 1.45 bits per heavy atom. The van der Waals surface area contributed by atoms with Crippen LogP contribution in [0.25, 0.3) is 0 Å². The lowest BCUT2D eigenvalue weighted by Gasteiger charge is -2.08. The van der Waals surface area contributed by atoms with Gasteiger partial charge in [0.1, 0.15) is 0 Å². The highest BCUT2D eigenvalue weighted by Gasteiger charge is 2.13. The van der Waals surface area contributed by atoms with Gasteiger partial charge in [-0.3, -0.25) is 0 Å². The summed E-state index contributed by atoms with van der Waals surface area (Å²) in [6.07, 6.45) is 0. The van der Waals surface area contributed by atoms with E-state index < -0.39 is 10.0 Å². The summed E-state index contributed by atoms with van der Waals surface area (Å²) in [5, 5.41) is 3.83. The first-order chi connectivity index (χ1) is 10.5. The molecule has 2 aromatic carbocycles. The maximum Gasteiger partial charge on any atom is 0.240 e. The Kier molecular flexibility index (Phi) is 5.97. The minimum absolute atomic E-state index is 0.235. The zero-order chi connectivity index (χ0) is 16.0. The summed E-state index contributed by atoms with van der Waals surface area (Å²) < 4.78 is 27.1. The number of halogens is 1. The van der Waals surface area contributed by atoms with Crippen LogP contribution in [0.2, 0.25) is 5.02 Å². The minimum atomic E-state index is -3.51. The first kappa shape index (κ1) is 17.0. The third-order valence-electron chi connectivity index (χ3n) is 3.19. The van der Waals surface area contributed by atoms with Crippen molar-refractivity contribution < 1.29 is 8.42 Å². The van der Waals surface area contributed by atoms with E-state index in [1.54, 1.807) is 36.4 Å². The van der Waals surface area contributed by atoms with Crippen LogP contribution in [0.4, 0.5) is 0 Å². The molecule has 4 nitrogen and oxygen atoms in total. The van der Waals surface area contributed by atoms with Gasteiger partial charge in [-0.15, -0.1) is 0 Å². The molecule has 0 saturated carbocycles. The van der Waals surface area contributed by atoms with Gasteiger partial charge in [-0.1, -0.05) is 42.8 Å². The highest BCUT2D eigenvalue weighted by molar-refractivity contribution is 7.89. The zero-order valence-electron chi connectivity index (χ0n) is 12.3. The number of rotatable bonds is 7. The van der Waals surface area contributed by atoms with E-state index in [4.69, 9.17) is 11.6 Å². The fourth-order valence-electron chi connectivity index (χ4n) is 1.92.